The smallest absolute Gasteiger partial charge is 0.339 e. The van der Waals surface area contributed by atoms with E-state index in [-0.39, 0.29) is 18.0 Å². The molecule has 0 fully saturated rings. The molecule has 3 aromatic rings. The minimum atomic E-state index is -0.273. The Morgan fingerprint density at radius 3 is 2.66 bits per heavy atom. The molecule has 0 saturated carbocycles. The van der Waals surface area contributed by atoms with Crippen LogP contribution in [-0.2, 0) is 13.0 Å². The van der Waals surface area contributed by atoms with Crippen molar-refractivity contribution in [1.29, 1.82) is 0 Å². The SMILES string of the molecule is Cc1c(C)c2ccc(OCCCCN3CCc4ccccc4C3)cc2oc1=O.Cl. The van der Waals surface area contributed by atoms with Crippen LogP contribution in [0.4, 0.5) is 0 Å². The standard InChI is InChI=1S/C24H27NO3.ClH/c1-17-18(2)24(26)28-23-15-21(9-10-22(17)23)27-14-6-5-12-25-13-11-19-7-3-4-8-20(19)16-25;/h3-4,7-10,15H,5-6,11-14,16H2,1-2H3;1H. The summed E-state index contributed by atoms with van der Waals surface area (Å²) in [7, 11) is 0. The van der Waals surface area contributed by atoms with E-state index in [0.717, 1.165) is 55.6 Å². The third-order valence-electron chi connectivity index (χ3n) is 5.78. The molecule has 0 spiro atoms. The van der Waals surface area contributed by atoms with Gasteiger partial charge in [0.2, 0.25) is 0 Å². The fourth-order valence-corrected chi connectivity index (χ4v) is 3.89. The predicted molar refractivity (Wildman–Crippen MR) is 119 cm³/mol. The summed E-state index contributed by atoms with van der Waals surface area (Å²) in [5.41, 5.74) is 4.92. The second kappa shape index (κ2) is 9.47. The van der Waals surface area contributed by atoms with E-state index in [9.17, 15) is 4.79 Å². The number of fused-ring (bicyclic) bond motifs is 2. The third-order valence-corrected chi connectivity index (χ3v) is 5.78. The van der Waals surface area contributed by atoms with Gasteiger partial charge in [0.25, 0.3) is 0 Å². The molecule has 4 rings (SSSR count). The Morgan fingerprint density at radius 2 is 1.83 bits per heavy atom. The molecule has 1 aliphatic rings. The first-order valence-electron chi connectivity index (χ1n) is 10.1. The minimum absolute atomic E-state index is 0. The molecule has 4 nitrogen and oxygen atoms in total. The van der Waals surface area contributed by atoms with Crippen molar-refractivity contribution in [3.05, 3.63) is 75.1 Å². The van der Waals surface area contributed by atoms with Crippen LogP contribution < -0.4 is 10.4 Å². The molecule has 29 heavy (non-hydrogen) atoms. The zero-order valence-electron chi connectivity index (χ0n) is 17.1. The van der Waals surface area contributed by atoms with Crippen LogP contribution in [0.2, 0.25) is 0 Å². The van der Waals surface area contributed by atoms with Gasteiger partial charge in [-0.1, -0.05) is 24.3 Å². The van der Waals surface area contributed by atoms with E-state index in [1.165, 1.54) is 11.1 Å². The number of nitrogens with zero attached hydrogens (tertiary/aromatic N) is 1. The van der Waals surface area contributed by atoms with Crippen LogP contribution >= 0.6 is 12.4 Å². The number of rotatable bonds is 6. The first kappa shape index (κ1) is 21.4. The van der Waals surface area contributed by atoms with E-state index < -0.39 is 0 Å². The van der Waals surface area contributed by atoms with Gasteiger partial charge < -0.3 is 9.15 Å². The van der Waals surface area contributed by atoms with Gasteiger partial charge >= 0.3 is 5.63 Å². The summed E-state index contributed by atoms with van der Waals surface area (Å²) < 4.78 is 11.3. The van der Waals surface area contributed by atoms with Gasteiger partial charge in [0.15, 0.2) is 0 Å². The molecule has 2 heterocycles. The van der Waals surface area contributed by atoms with Crippen molar-refractivity contribution in [2.24, 2.45) is 0 Å². The second-order valence-corrected chi connectivity index (χ2v) is 7.65. The van der Waals surface area contributed by atoms with Crippen LogP contribution in [0.1, 0.15) is 35.1 Å². The van der Waals surface area contributed by atoms with Gasteiger partial charge in [-0.15, -0.1) is 12.4 Å². The van der Waals surface area contributed by atoms with Gasteiger partial charge in [0, 0.05) is 30.1 Å². The average Bonchev–Trinajstić information content (AvgIpc) is 2.71. The highest BCUT2D eigenvalue weighted by molar-refractivity contribution is 5.85. The molecular formula is C24H28ClNO3. The molecule has 154 valence electrons. The molecule has 2 aromatic carbocycles. The lowest BCUT2D eigenvalue weighted by atomic mass is 10.00. The Labute approximate surface area is 177 Å². The second-order valence-electron chi connectivity index (χ2n) is 7.65. The van der Waals surface area contributed by atoms with E-state index in [4.69, 9.17) is 9.15 Å². The first-order chi connectivity index (χ1) is 13.6. The van der Waals surface area contributed by atoms with E-state index >= 15 is 0 Å². The summed E-state index contributed by atoms with van der Waals surface area (Å²) in [4.78, 5) is 14.4. The van der Waals surface area contributed by atoms with Gasteiger partial charge in [-0.2, -0.15) is 0 Å². The highest BCUT2D eigenvalue weighted by atomic mass is 35.5. The molecule has 1 aromatic heterocycles. The number of ether oxygens (including phenoxy) is 1. The van der Waals surface area contributed by atoms with Crippen LogP contribution in [-0.4, -0.2) is 24.6 Å². The Bertz CT molecular complexity index is 1040. The topological polar surface area (TPSA) is 42.7 Å². The predicted octanol–water partition coefficient (Wildman–Crippen LogP) is 5.05. The van der Waals surface area contributed by atoms with E-state index in [2.05, 4.69) is 29.2 Å². The van der Waals surface area contributed by atoms with Gasteiger partial charge in [-0.3, -0.25) is 4.90 Å². The molecule has 0 amide bonds. The summed E-state index contributed by atoms with van der Waals surface area (Å²) >= 11 is 0. The normalized spacial score (nSPS) is 13.7. The Hall–Kier alpha value is -2.30. The monoisotopic (exact) mass is 413 g/mol. The highest BCUT2D eigenvalue weighted by Crippen LogP contribution is 2.24. The lowest BCUT2D eigenvalue weighted by Crippen LogP contribution is -2.31. The summed E-state index contributed by atoms with van der Waals surface area (Å²) in [5, 5.41) is 0.967. The number of hydrogen-bond acceptors (Lipinski definition) is 4. The molecule has 0 aliphatic carbocycles. The first-order valence-corrected chi connectivity index (χ1v) is 10.1. The average molecular weight is 414 g/mol. The number of halogens is 1. The Balaban J connectivity index is 0.00000240. The van der Waals surface area contributed by atoms with Crippen molar-refractivity contribution < 1.29 is 9.15 Å². The summed E-state index contributed by atoms with van der Waals surface area (Å²) in [6, 6.07) is 14.5. The van der Waals surface area contributed by atoms with Crippen LogP contribution in [0.3, 0.4) is 0 Å². The van der Waals surface area contributed by atoms with Crippen molar-refractivity contribution in [3.63, 3.8) is 0 Å². The molecule has 0 saturated heterocycles. The molecule has 0 radical (unpaired) electrons. The molecule has 0 bridgehead atoms. The van der Waals surface area contributed by atoms with Gasteiger partial charge in [-0.05, 0) is 68.5 Å². The van der Waals surface area contributed by atoms with Crippen molar-refractivity contribution >= 4 is 23.4 Å². The Morgan fingerprint density at radius 1 is 1.03 bits per heavy atom. The number of aryl methyl sites for hydroxylation is 1. The van der Waals surface area contributed by atoms with Gasteiger partial charge in [0.1, 0.15) is 11.3 Å². The number of benzene rings is 2. The number of unbranched alkanes of at least 4 members (excludes halogenated alkanes) is 1. The zero-order valence-corrected chi connectivity index (χ0v) is 17.9. The highest BCUT2D eigenvalue weighted by Gasteiger charge is 2.15. The molecular weight excluding hydrogens is 386 g/mol. The van der Waals surface area contributed by atoms with Crippen LogP contribution in [0.5, 0.6) is 5.75 Å². The summed E-state index contributed by atoms with van der Waals surface area (Å²) in [5.74, 6) is 0.755. The maximum Gasteiger partial charge on any atom is 0.339 e. The van der Waals surface area contributed by atoms with Crippen molar-refractivity contribution in [2.75, 3.05) is 19.7 Å². The summed E-state index contributed by atoms with van der Waals surface area (Å²) in [6.07, 6.45) is 3.27. The fraction of sp³-hybridized carbons (Fsp3) is 0.375. The van der Waals surface area contributed by atoms with Crippen molar-refractivity contribution in [2.45, 2.75) is 39.7 Å². The van der Waals surface area contributed by atoms with Crippen LogP contribution in [0.25, 0.3) is 11.0 Å². The minimum Gasteiger partial charge on any atom is -0.493 e. The molecule has 5 heteroatoms. The lowest BCUT2D eigenvalue weighted by molar-refractivity contribution is 0.235. The van der Waals surface area contributed by atoms with Crippen LogP contribution in [0, 0.1) is 13.8 Å². The van der Waals surface area contributed by atoms with Crippen molar-refractivity contribution in [1.82, 2.24) is 4.90 Å². The fourth-order valence-electron chi connectivity index (χ4n) is 3.89. The summed E-state index contributed by atoms with van der Waals surface area (Å²) in [6.45, 7) is 7.72. The van der Waals surface area contributed by atoms with E-state index in [1.807, 2.05) is 25.1 Å². The van der Waals surface area contributed by atoms with Gasteiger partial charge in [0.05, 0.1) is 6.61 Å². The van der Waals surface area contributed by atoms with E-state index in [0.29, 0.717) is 17.8 Å². The maximum absolute atomic E-state index is 11.9. The maximum atomic E-state index is 11.9. The molecule has 0 unspecified atom stereocenters. The zero-order chi connectivity index (χ0) is 19.5. The van der Waals surface area contributed by atoms with Gasteiger partial charge in [-0.25, -0.2) is 4.79 Å². The lowest BCUT2D eigenvalue weighted by Gasteiger charge is -2.28. The third kappa shape index (κ3) is 4.82. The largest absolute Gasteiger partial charge is 0.493 e. The number of hydrogen-bond donors (Lipinski definition) is 0. The van der Waals surface area contributed by atoms with Crippen LogP contribution in [0.15, 0.2) is 51.7 Å². The molecule has 0 N–H and O–H groups in total. The van der Waals surface area contributed by atoms with Crippen molar-refractivity contribution in [3.8, 4) is 5.75 Å². The quantitative estimate of drug-likeness (QED) is 0.419. The molecule has 1 aliphatic heterocycles. The Kier molecular flexibility index (Phi) is 6.99. The van der Waals surface area contributed by atoms with E-state index in [1.54, 1.807) is 6.92 Å². The molecule has 0 atom stereocenters.